The van der Waals surface area contributed by atoms with Crippen molar-refractivity contribution in [3.8, 4) is 0 Å². The van der Waals surface area contributed by atoms with E-state index in [0.717, 1.165) is 38.5 Å². The van der Waals surface area contributed by atoms with E-state index in [1.807, 2.05) is 0 Å². The average molecular weight is 488 g/mol. The second kappa shape index (κ2) is 10.3. The number of methoxy groups -OCH3 is 1. The first-order valence-corrected chi connectivity index (χ1v) is 12.8. The number of rotatable bonds is 6. The highest BCUT2D eigenvalue weighted by Gasteiger charge is 2.41. The molecular formula is C26H34FN3O5. The lowest BCUT2D eigenvalue weighted by Gasteiger charge is -2.37. The number of imide groups is 1. The third-order valence-corrected chi connectivity index (χ3v) is 8.05. The molecule has 190 valence electrons. The van der Waals surface area contributed by atoms with Crippen LogP contribution in [0.4, 0.5) is 4.39 Å². The van der Waals surface area contributed by atoms with E-state index in [1.165, 1.54) is 4.90 Å². The molecular weight excluding hydrogens is 453 g/mol. The molecule has 3 fully saturated rings. The predicted octanol–water partition coefficient (Wildman–Crippen LogP) is 2.22. The highest BCUT2D eigenvalue weighted by molar-refractivity contribution is 6.05. The van der Waals surface area contributed by atoms with Gasteiger partial charge in [0.25, 0.3) is 5.91 Å². The fraction of sp³-hybridized carbons (Fsp3) is 0.654. The lowest BCUT2D eigenvalue weighted by molar-refractivity contribution is -0.136. The van der Waals surface area contributed by atoms with Gasteiger partial charge in [-0.25, -0.2) is 4.39 Å². The van der Waals surface area contributed by atoms with Crippen LogP contribution in [-0.4, -0.2) is 66.7 Å². The zero-order chi connectivity index (χ0) is 24.5. The molecule has 0 radical (unpaired) electrons. The maximum absolute atomic E-state index is 15.6. The van der Waals surface area contributed by atoms with E-state index in [4.69, 9.17) is 9.47 Å². The molecule has 3 amide bonds. The van der Waals surface area contributed by atoms with Crippen LogP contribution >= 0.6 is 0 Å². The normalized spacial score (nSPS) is 31.4. The standard InChI is InChI=1S/C26H34FN3O5/c1-34-17-7-5-16(6-8-17)28-20-3-2-12-35-22(20)13-15-4-9-18-19(24(15)27)14-30(26(18)33)21-10-11-23(31)29-25(21)32/h4,9,16-17,20-22,28H,2-3,5-8,10-14H2,1H3,(H,29,31,32)/t16-,17+,20-,21?,22+/m0/s1. The zero-order valence-corrected chi connectivity index (χ0v) is 20.2. The summed E-state index contributed by atoms with van der Waals surface area (Å²) in [5.74, 6) is -1.59. The lowest BCUT2D eigenvalue weighted by atomic mass is 9.89. The minimum absolute atomic E-state index is 0.0378. The number of nitrogens with zero attached hydrogens (tertiary/aromatic N) is 1. The van der Waals surface area contributed by atoms with Crippen molar-refractivity contribution < 1.29 is 28.2 Å². The first-order valence-electron chi connectivity index (χ1n) is 12.8. The van der Waals surface area contributed by atoms with Gasteiger partial charge in [-0.3, -0.25) is 19.7 Å². The van der Waals surface area contributed by atoms with E-state index < -0.39 is 11.9 Å². The Morgan fingerprint density at radius 3 is 2.69 bits per heavy atom. The van der Waals surface area contributed by atoms with E-state index in [9.17, 15) is 14.4 Å². The van der Waals surface area contributed by atoms with Gasteiger partial charge in [-0.2, -0.15) is 0 Å². The second-order valence-electron chi connectivity index (χ2n) is 10.2. The van der Waals surface area contributed by atoms with Gasteiger partial charge >= 0.3 is 0 Å². The fourth-order valence-electron chi connectivity index (χ4n) is 6.03. The molecule has 1 aromatic carbocycles. The minimum Gasteiger partial charge on any atom is -0.381 e. The lowest BCUT2D eigenvalue weighted by Crippen LogP contribution is -2.52. The van der Waals surface area contributed by atoms with Gasteiger partial charge in [0.15, 0.2) is 0 Å². The third kappa shape index (κ3) is 4.99. The van der Waals surface area contributed by atoms with Crippen LogP contribution < -0.4 is 10.6 Å². The number of benzene rings is 1. The Morgan fingerprint density at radius 1 is 1.14 bits per heavy atom. The molecule has 0 aromatic heterocycles. The number of carbonyl (C=O) groups excluding carboxylic acids is 3. The van der Waals surface area contributed by atoms with Crippen molar-refractivity contribution in [3.63, 3.8) is 0 Å². The molecule has 9 heteroatoms. The maximum atomic E-state index is 15.6. The van der Waals surface area contributed by atoms with Crippen LogP contribution in [0.1, 0.15) is 72.9 Å². The van der Waals surface area contributed by atoms with Crippen LogP contribution in [0.3, 0.4) is 0 Å². The Balaban J connectivity index is 1.27. The van der Waals surface area contributed by atoms with Crippen LogP contribution in [0.5, 0.6) is 0 Å². The van der Waals surface area contributed by atoms with Crippen LogP contribution in [-0.2, 0) is 32.0 Å². The van der Waals surface area contributed by atoms with Gasteiger partial charge < -0.3 is 19.7 Å². The number of carbonyl (C=O) groups is 3. The molecule has 0 bridgehead atoms. The molecule has 4 aliphatic rings. The molecule has 3 heterocycles. The van der Waals surface area contributed by atoms with E-state index >= 15 is 4.39 Å². The van der Waals surface area contributed by atoms with Gasteiger partial charge in [-0.05, 0) is 56.6 Å². The highest BCUT2D eigenvalue weighted by Crippen LogP contribution is 2.32. The summed E-state index contributed by atoms with van der Waals surface area (Å²) in [6.07, 6.45) is 7.24. The van der Waals surface area contributed by atoms with Crippen LogP contribution in [0, 0.1) is 5.82 Å². The molecule has 8 nitrogen and oxygen atoms in total. The van der Waals surface area contributed by atoms with Gasteiger partial charge in [-0.15, -0.1) is 0 Å². The smallest absolute Gasteiger partial charge is 0.255 e. The molecule has 5 rings (SSSR count). The topological polar surface area (TPSA) is 97.0 Å². The molecule has 3 aliphatic heterocycles. The number of fused-ring (bicyclic) bond motifs is 1. The molecule has 3 atom stereocenters. The Labute approximate surface area is 204 Å². The summed E-state index contributed by atoms with van der Waals surface area (Å²) in [5.41, 5.74) is 1.16. The molecule has 1 aliphatic carbocycles. The van der Waals surface area contributed by atoms with Gasteiger partial charge in [0, 0.05) is 49.8 Å². The van der Waals surface area contributed by atoms with E-state index in [0.29, 0.717) is 41.9 Å². The van der Waals surface area contributed by atoms with Crippen LogP contribution in [0.15, 0.2) is 12.1 Å². The number of nitrogens with one attached hydrogen (secondary N) is 2. The maximum Gasteiger partial charge on any atom is 0.255 e. The Hall–Kier alpha value is -2.36. The molecule has 1 unspecified atom stereocenters. The summed E-state index contributed by atoms with van der Waals surface area (Å²) in [5, 5.41) is 6.05. The Bertz CT molecular complexity index is 993. The molecule has 2 saturated heterocycles. The predicted molar refractivity (Wildman–Crippen MR) is 125 cm³/mol. The Morgan fingerprint density at radius 2 is 1.94 bits per heavy atom. The van der Waals surface area contributed by atoms with Crippen molar-refractivity contribution in [3.05, 3.63) is 34.6 Å². The van der Waals surface area contributed by atoms with E-state index in [-0.39, 0.29) is 49.2 Å². The van der Waals surface area contributed by atoms with Crippen molar-refractivity contribution in [1.29, 1.82) is 0 Å². The van der Waals surface area contributed by atoms with Crippen LogP contribution in [0.25, 0.3) is 0 Å². The van der Waals surface area contributed by atoms with Crippen molar-refractivity contribution >= 4 is 17.7 Å². The molecule has 1 saturated carbocycles. The molecule has 2 N–H and O–H groups in total. The monoisotopic (exact) mass is 487 g/mol. The second-order valence-corrected chi connectivity index (χ2v) is 10.2. The summed E-state index contributed by atoms with van der Waals surface area (Å²) in [4.78, 5) is 38.1. The van der Waals surface area contributed by atoms with Gasteiger partial charge in [-0.1, -0.05) is 6.07 Å². The van der Waals surface area contributed by atoms with Gasteiger partial charge in [0.2, 0.25) is 11.8 Å². The van der Waals surface area contributed by atoms with Crippen molar-refractivity contribution in [2.75, 3.05) is 13.7 Å². The number of hydrogen-bond acceptors (Lipinski definition) is 6. The quantitative estimate of drug-likeness (QED) is 0.598. The van der Waals surface area contributed by atoms with Crippen LogP contribution in [0.2, 0.25) is 0 Å². The van der Waals surface area contributed by atoms with E-state index in [2.05, 4.69) is 10.6 Å². The number of piperidine rings is 1. The fourth-order valence-corrected chi connectivity index (χ4v) is 6.03. The average Bonchev–Trinajstić information content (AvgIpc) is 3.19. The number of hydrogen-bond donors (Lipinski definition) is 2. The Kier molecular flexibility index (Phi) is 7.18. The van der Waals surface area contributed by atoms with Crippen molar-refractivity contribution in [2.24, 2.45) is 0 Å². The van der Waals surface area contributed by atoms with Crippen molar-refractivity contribution in [1.82, 2.24) is 15.5 Å². The summed E-state index contributed by atoms with van der Waals surface area (Å²) in [6.45, 7) is 0.698. The summed E-state index contributed by atoms with van der Waals surface area (Å²) in [6, 6.07) is 3.17. The minimum atomic E-state index is -0.751. The molecule has 35 heavy (non-hydrogen) atoms. The summed E-state index contributed by atoms with van der Waals surface area (Å²) < 4.78 is 27.2. The van der Waals surface area contributed by atoms with Gasteiger partial charge in [0.1, 0.15) is 11.9 Å². The number of ether oxygens (including phenoxy) is 2. The third-order valence-electron chi connectivity index (χ3n) is 8.05. The molecule has 1 aromatic rings. The van der Waals surface area contributed by atoms with E-state index in [1.54, 1.807) is 19.2 Å². The zero-order valence-electron chi connectivity index (χ0n) is 20.2. The van der Waals surface area contributed by atoms with Gasteiger partial charge in [0.05, 0.1) is 18.8 Å². The number of halogens is 1. The largest absolute Gasteiger partial charge is 0.381 e. The summed E-state index contributed by atoms with van der Waals surface area (Å²) in [7, 11) is 1.77. The number of amides is 3. The molecule has 0 spiro atoms. The first kappa shape index (κ1) is 24.3. The SMILES string of the molecule is CO[C@H]1CC[C@@H](N[C@H]2CCCO[C@@H]2Cc2ccc3c(c2F)CN(C2CCC(=O)NC2=O)C3=O)CC1. The highest BCUT2D eigenvalue weighted by atomic mass is 19.1. The van der Waals surface area contributed by atoms with Crippen molar-refractivity contribution in [2.45, 2.75) is 94.7 Å². The first-order chi connectivity index (χ1) is 16.9. The summed E-state index contributed by atoms with van der Waals surface area (Å²) >= 11 is 0.